The normalized spacial score (nSPS) is 32.7. The number of halogens is 1. The molecule has 0 spiro atoms. The number of nitrogens with one attached hydrogen (secondary N) is 1. The molecule has 104 valence electrons. The number of amides is 1. The maximum absolute atomic E-state index is 12.1. The fraction of sp³-hybridized carbons (Fsp3) is 0.643. The quantitative estimate of drug-likeness (QED) is 0.882. The Balaban J connectivity index is 1.60. The molecule has 2 bridgehead atoms. The number of thiophene rings is 1. The van der Waals surface area contributed by atoms with E-state index in [9.17, 15) is 9.90 Å². The van der Waals surface area contributed by atoms with Gasteiger partial charge in [-0.1, -0.05) is 0 Å². The fourth-order valence-corrected chi connectivity index (χ4v) is 5.22. The summed E-state index contributed by atoms with van der Waals surface area (Å²) in [6.07, 6.45) is 4.06. The lowest BCUT2D eigenvalue weighted by molar-refractivity contribution is -0.122. The average Bonchev–Trinajstić information content (AvgIpc) is 3.05. The Labute approximate surface area is 125 Å². The highest BCUT2D eigenvalue weighted by Crippen LogP contribution is 2.48. The molecule has 0 saturated heterocycles. The van der Waals surface area contributed by atoms with E-state index >= 15 is 0 Å². The minimum Gasteiger partial charge on any atom is -0.396 e. The minimum absolute atomic E-state index is 0.0883. The first-order valence-electron chi connectivity index (χ1n) is 6.82. The van der Waals surface area contributed by atoms with Gasteiger partial charge in [-0.25, -0.2) is 0 Å². The first kappa shape index (κ1) is 13.6. The predicted octanol–water partition coefficient (Wildman–Crippen LogP) is 2.58. The molecule has 1 heterocycles. The third-order valence-electron chi connectivity index (χ3n) is 4.59. The molecule has 1 aromatic rings. The van der Waals surface area contributed by atoms with E-state index in [1.54, 1.807) is 11.3 Å². The van der Waals surface area contributed by atoms with Crippen molar-refractivity contribution >= 4 is 33.2 Å². The Morgan fingerprint density at radius 2 is 2.21 bits per heavy atom. The minimum atomic E-state index is 0.0883. The third-order valence-corrected chi connectivity index (χ3v) is 6.21. The maximum atomic E-state index is 12.1. The van der Waals surface area contributed by atoms with E-state index < -0.39 is 0 Å². The second-order valence-electron chi connectivity index (χ2n) is 5.66. The molecule has 1 amide bonds. The molecule has 3 rings (SSSR count). The van der Waals surface area contributed by atoms with Gasteiger partial charge in [-0.2, -0.15) is 0 Å². The van der Waals surface area contributed by atoms with Crippen molar-refractivity contribution in [2.45, 2.75) is 31.7 Å². The summed E-state index contributed by atoms with van der Waals surface area (Å²) in [5.41, 5.74) is 0. The van der Waals surface area contributed by atoms with Crippen molar-refractivity contribution in [3.05, 3.63) is 20.8 Å². The molecule has 2 aliphatic rings. The van der Waals surface area contributed by atoms with Crippen molar-refractivity contribution in [3.63, 3.8) is 0 Å². The van der Waals surface area contributed by atoms with Crippen LogP contribution in [0.3, 0.4) is 0 Å². The smallest absolute Gasteiger partial charge is 0.225 e. The molecule has 1 aromatic heterocycles. The summed E-state index contributed by atoms with van der Waals surface area (Å²) < 4.78 is 1.06. The van der Waals surface area contributed by atoms with Gasteiger partial charge >= 0.3 is 0 Å². The van der Waals surface area contributed by atoms with Crippen molar-refractivity contribution in [2.75, 3.05) is 6.61 Å². The van der Waals surface area contributed by atoms with Crippen LogP contribution >= 0.6 is 27.3 Å². The van der Waals surface area contributed by atoms with Crippen LogP contribution in [0.25, 0.3) is 0 Å². The van der Waals surface area contributed by atoms with Gasteiger partial charge in [0.15, 0.2) is 0 Å². The highest BCUT2D eigenvalue weighted by Gasteiger charge is 2.47. The van der Waals surface area contributed by atoms with Gasteiger partial charge in [0.25, 0.3) is 0 Å². The molecule has 5 heteroatoms. The number of carbonyl (C=O) groups is 1. The van der Waals surface area contributed by atoms with Crippen molar-refractivity contribution in [1.82, 2.24) is 5.32 Å². The Morgan fingerprint density at radius 1 is 1.42 bits per heavy atom. The van der Waals surface area contributed by atoms with Gasteiger partial charge in [0.1, 0.15) is 0 Å². The standard InChI is InChI=1S/C14H18BrNO2S/c15-12-4-3-10(19-12)6-13(18)16-14-9-2-1-8(5-9)11(14)7-17/h3-4,8-9,11,14,17H,1-2,5-7H2,(H,16,18). The lowest BCUT2D eigenvalue weighted by Gasteiger charge is -2.30. The van der Waals surface area contributed by atoms with Crippen LogP contribution in [-0.4, -0.2) is 23.7 Å². The summed E-state index contributed by atoms with van der Waals surface area (Å²) in [5.74, 6) is 1.57. The Hall–Kier alpha value is -0.390. The molecule has 4 unspecified atom stereocenters. The second-order valence-corrected chi connectivity index (χ2v) is 8.20. The second kappa shape index (κ2) is 5.54. The van der Waals surface area contributed by atoms with Crippen molar-refractivity contribution in [3.8, 4) is 0 Å². The summed E-state index contributed by atoms with van der Waals surface area (Å²) in [6.45, 7) is 0.205. The molecule has 2 saturated carbocycles. The molecule has 0 aliphatic heterocycles. The highest BCUT2D eigenvalue weighted by atomic mass is 79.9. The summed E-state index contributed by atoms with van der Waals surface area (Å²) in [6, 6.07) is 4.15. The van der Waals surface area contributed by atoms with Gasteiger partial charge in [-0.15, -0.1) is 11.3 Å². The number of hydrogen-bond acceptors (Lipinski definition) is 3. The fourth-order valence-electron chi connectivity index (χ4n) is 3.74. The van der Waals surface area contributed by atoms with Gasteiger partial charge in [-0.3, -0.25) is 4.79 Å². The summed E-state index contributed by atoms with van der Waals surface area (Å²) in [5, 5.41) is 12.7. The third kappa shape index (κ3) is 2.73. The number of carbonyl (C=O) groups excluding carboxylic acids is 1. The molecule has 0 radical (unpaired) electrons. The zero-order valence-corrected chi connectivity index (χ0v) is 13.0. The number of rotatable bonds is 4. The summed E-state index contributed by atoms with van der Waals surface area (Å²) >= 11 is 5.01. The van der Waals surface area contributed by atoms with Crippen LogP contribution in [0.5, 0.6) is 0 Å². The number of aliphatic hydroxyl groups excluding tert-OH is 1. The first-order valence-corrected chi connectivity index (χ1v) is 8.42. The summed E-state index contributed by atoms with van der Waals surface area (Å²) in [4.78, 5) is 13.2. The Morgan fingerprint density at radius 3 is 2.89 bits per heavy atom. The monoisotopic (exact) mass is 343 g/mol. The molecule has 19 heavy (non-hydrogen) atoms. The van der Waals surface area contributed by atoms with Crippen LogP contribution in [0.1, 0.15) is 24.1 Å². The topological polar surface area (TPSA) is 49.3 Å². The van der Waals surface area contributed by atoms with Crippen LogP contribution in [0, 0.1) is 17.8 Å². The number of fused-ring (bicyclic) bond motifs is 2. The van der Waals surface area contributed by atoms with E-state index in [-0.39, 0.29) is 24.5 Å². The van der Waals surface area contributed by atoms with Gasteiger partial charge in [0.05, 0.1) is 10.2 Å². The Kier molecular flexibility index (Phi) is 3.96. The molecular weight excluding hydrogens is 326 g/mol. The molecule has 2 N–H and O–H groups in total. The van der Waals surface area contributed by atoms with Gasteiger partial charge in [0, 0.05) is 23.4 Å². The lowest BCUT2D eigenvalue weighted by Crippen LogP contribution is -2.45. The van der Waals surface area contributed by atoms with Crippen LogP contribution in [-0.2, 0) is 11.2 Å². The van der Waals surface area contributed by atoms with Crippen molar-refractivity contribution < 1.29 is 9.90 Å². The predicted molar refractivity (Wildman–Crippen MR) is 79.1 cm³/mol. The molecule has 3 nitrogen and oxygen atoms in total. The first-order chi connectivity index (χ1) is 9.17. The molecule has 2 aliphatic carbocycles. The van der Waals surface area contributed by atoms with E-state index in [2.05, 4.69) is 21.2 Å². The van der Waals surface area contributed by atoms with Crippen LogP contribution in [0.4, 0.5) is 0 Å². The Bertz CT molecular complexity index is 476. The molecule has 4 atom stereocenters. The van der Waals surface area contributed by atoms with E-state index in [1.807, 2.05) is 12.1 Å². The van der Waals surface area contributed by atoms with E-state index in [0.29, 0.717) is 18.3 Å². The lowest BCUT2D eigenvalue weighted by atomic mass is 9.85. The largest absolute Gasteiger partial charge is 0.396 e. The average molecular weight is 344 g/mol. The molecular formula is C14H18BrNO2S. The van der Waals surface area contributed by atoms with E-state index in [0.717, 1.165) is 8.66 Å². The van der Waals surface area contributed by atoms with Gasteiger partial charge < -0.3 is 10.4 Å². The van der Waals surface area contributed by atoms with Gasteiger partial charge in [-0.05, 0) is 59.2 Å². The summed E-state index contributed by atoms with van der Waals surface area (Å²) in [7, 11) is 0. The molecule has 2 fully saturated rings. The maximum Gasteiger partial charge on any atom is 0.225 e. The van der Waals surface area contributed by atoms with E-state index in [4.69, 9.17) is 0 Å². The van der Waals surface area contributed by atoms with Crippen molar-refractivity contribution in [1.29, 1.82) is 0 Å². The zero-order valence-electron chi connectivity index (χ0n) is 10.6. The molecule has 0 aromatic carbocycles. The van der Waals surface area contributed by atoms with Crippen molar-refractivity contribution in [2.24, 2.45) is 17.8 Å². The van der Waals surface area contributed by atoms with E-state index in [1.165, 1.54) is 19.3 Å². The number of hydrogen-bond donors (Lipinski definition) is 2. The zero-order chi connectivity index (χ0) is 13.4. The SMILES string of the molecule is O=C(Cc1ccc(Br)s1)NC1C2CCC(C2)C1CO. The highest BCUT2D eigenvalue weighted by molar-refractivity contribution is 9.11. The van der Waals surface area contributed by atoms with Crippen LogP contribution in [0.2, 0.25) is 0 Å². The number of aliphatic hydroxyl groups is 1. The van der Waals surface area contributed by atoms with Crippen LogP contribution in [0.15, 0.2) is 15.9 Å². The van der Waals surface area contributed by atoms with Gasteiger partial charge in [0.2, 0.25) is 5.91 Å². The van der Waals surface area contributed by atoms with Crippen LogP contribution < -0.4 is 5.32 Å².